The summed E-state index contributed by atoms with van der Waals surface area (Å²) in [4.78, 5) is 17.6. The number of thiazole rings is 1. The number of nitrogens with one attached hydrogen (secondary N) is 1. The molecule has 0 fully saturated rings. The Bertz CT molecular complexity index is 737. The van der Waals surface area contributed by atoms with E-state index in [4.69, 9.17) is 14.2 Å². The number of aryl methyl sites for hydroxylation is 1. The van der Waals surface area contributed by atoms with E-state index in [0.717, 1.165) is 21.9 Å². The molecule has 0 bridgehead atoms. The Balaban J connectivity index is 1.77. The predicted octanol–water partition coefficient (Wildman–Crippen LogP) is 2.95. The van der Waals surface area contributed by atoms with Gasteiger partial charge in [-0.2, -0.15) is 0 Å². The number of ether oxygens (including phenoxy) is 3. The maximum absolute atomic E-state index is 12.1. The van der Waals surface area contributed by atoms with E-state index in [2.05, 4.69) is 10.3 Å². The second-order valence-electron chi connectivity index (χ2n) is 4.81. The van der Waals surface area contributed by atoms with E-state index in [-0.39, 0.29) is 11.7 Å². The summed E-state index contributed by atoms with van der Waals surface area (Å²) in [7, 11) is 1.63. The van der Waals surface area contributed by atoms with Crippen LogP contribution in [0.3, 0.4) is 0 Å². The highest BCUT2D eigenvalue weighted by atomic mass is 32.1. The number of aromatic nitrogens is 1. The van der Waals surface area contributed by atoms with E-state index in [1.807, 2.05) is 31.2 Å². The number of methoxy groups -OCH3 is 1. The molecule has 6 nitrogen and oxygen atoms in total. The SMILES string of the molecule is COc1ccc(-c2nc(NC(=O)C3=COCCO3)sc2C)cc1. The monoisotopic (exact) mass is 332 g/mol. The molecule has 7 heteroatoms. The number of hydrogen-bond acceptors (Lipinski definition) is 6. The molecule has 0 unspecified atom stereocenters. The van der Waals surface area contributed by atoms with Gasteiger partial charge in [0.2, 0.25) is 5.76 Å². The Hall–Kier alpha value is -2.54. The average molecular weight is 332 g/mol. The van der Waals surface area contributed by atoms with Gasteiger partial charge >= 0.3 is 0 Å². The minimum absolute atomic E-state index is 0.162. The number of carbonyl (C=O) groups excluding carboxylic acids is 1. The lowest BCUT2D eigenvalue weighted by molar-refractivity contribution is -0.117. The van der Waals surface area contributed by atoms with Crippen LogP contribution in [0.15, 0.2) is 36.3 Å². The summed E-state index contributed by atoms with van der Waals surface area (Å²) in [5, 5.41) is 3.26. The molecule has 1 N–H and O–H groups in total. The van der Waals surface area contributed by atoms with Crippen LogP contribution in [0, 0.1) is 6.92 Å². The van der Waals surface area contributed by atoms with Gasteiger partial charge in [-0.3, -0.25) is 10.1 Å². The maximum Gasteiger partial charge on any atom is 0.295 e. The first-order chi connectivity index (χ1) is 11.2. The first-order valence-electron chi connectivity index (χ1n) is 7.05. The van der Waals surface area contributed by atoms with Crippen molar-refractivity contribution in [2.75, 3.05) is 25.6 Å². The summed E-state index contributed by atoms with van der Waals surface area (Å²) < 4.78 is 15.5. The zero-order valence-corrected chi connectivity index (χ0v) is 13.6. The summed E-state index contributed by atoms with van der Waals surface area (Å²) in [6.45, 7) is 2.79. The molecule has 3 rings (SSSR count). The largest absolute Gasteiger partial charge is 0.497 e. The van der Waals surface area contributed by atoms with E-state index in [1.54, 1.807) is 7.11 Å². The van der Waals surface area contributed by atoms with Crippen LogP contribution in [0.2, 0.25) is 0 Å². The summed E-state index contributed by atoms with van der Waals surface area (Å²) >= 11 is 1.41. The van der Waals surface area contributed by atoms with E-state index < -0.39 is 0 Å². The van der Waals surface area contributed by atoms with Crippen LogP contribution in [0.25, 0.3) is 11.3 Å². The molecule has 0 atom stereocenters. The predicted molar refractivity (Wildman–Crippen MR) is 87.5 cm³/mol. The lowest BCUT2D eigenvalue weighted by Gasteiger charge is -2.14. The summed E-state index contributed by atoms with van der Waals surface area (Å²) in [5.41, 5.74) is 1.80. The molecule has 0 radical (unpaired) electrons. The molecule has 0 spiro atoms. The quantitative estimate of drug-likeness (QED) is 0.932. The van der Waals surface area contributed by atoms with E-state index in [9.17, 15) is 4.79 Å². The van der Waals surface area contributed by atoms with E-state index >= 15 is 0 Å². The molecule has 2 aromatic rings. The van der Waals surface area contributed by atoms with Gasteiger partial charge in [0.1, 0.15) is 25.2 Å². The van der Waals surface area contributed by atoms with Crippen LogP contribution in [0.1, 0.15) is 4.88 Å². The molecule has 1 aliphatic rings. The van der Waals surface area contributed by atoms with Crippen molar-refractivity contribution in [1.82, 2.24) is 4.98 Å². The highest BCUT2D eigenvalue weighted by Gasteiger charge is 2.18. The number of nitrogens with zero attached hydrogens (tertiary/aromatic N) is 1. The normalized spacial score (nSPS) is 13.6. The first-order valence-corrected chi connectivity index (χ1v) is 7.87. The Morgan fingerprint density at radius 3 is 2.74 bits per heavy atom. The molecule has 0 aliphatic carbocycles. The highest BCUT2D eigenvalue weighted by molar-refractivity contribution is 7.16. The fourth-order valence-electron chi connectivity index (χ4n) is 2.11. The number of carbonyl (C=O) groups is 1. The minimum atomic E-state index is -0.361. The van der Waals surface area contributed by atoms with Crippen molar-refractivity contribution in [3.05, 3.63) is 41.2 Å². The fourth-order valence-corrected chi connectivity index (χ4v) is 2.94. The van der Waals surface area contributed by atoms with E-state index in [1.165, 1.54) is 17.6 Å². The van der Waals surface area contributed by atoms with Crippen LogP contribution < -0.4 is 10.1 Å². The molecule has 1 amide bonds. The third kappa shape index (κ3) is 3.45. The van der Waals surface area contributed by atoms with Gasteiger partial charge in [0.15, 0.2) is 5.13 Å². The summed E-state index contributed by atoms with van der Waals surface area (Å²) in [6, 6.07) is 7.63. The molecular weight excluding hydrogens is 316 g/mol. The molecule has 120 valence electrons. The van der Waals surface area contributed by atoms with Crippen LogP contribution in [0.5, 0.6) is 5.75 Å². The Labute approximate surface area is 137 Å². The lowest BCUT2D eigenvalue weighted by atomic mass is 10.1. The third-order valence-electron chi connectivity index (χ3n) is 3.25. The number of rotatable bonds is 4. The van der Waals surface area contributed by atoms with Gasteiger partial charge in [-0.1, -0.05) is 0 Å². The lowest BCUT2D eigenvalue weighted by Crippen LogP contribution is -2.21. The number of amides is 1. The summed E-state index contributed by atoms with van der Waals surface area (Å²) in [6.07, 6.45) is 1.32. The maximum atomic E-state index is 12.1. The molecule has 2 heterocycles. The Kier molecular flexibility index (Phi) is 4.47. The van der Waals surface area contributed by atoms with Crippen LogP contribution in [0.4, 0.5) is 5.13 Å². The topological polar surface area (TPSA) is 69.7 Å². The molecule has 0 saturated heterocycles. The van der Waals surface area contributed by atoms with Gasteiger partial charge in [0.25, 0.3) is 5.91 Å². The highest BCUT2D eigenvalue weighted by Crippen LogP contribution is 2.31. The van der Waals surface area contributed by atoms with Crippen molar-refractivity contribution in [2.24, 2.45) is 0 Å². The second-order valence-corrected chi connectivity index (χ2v) is 6.01. The zero-order chi connectivity index (χ0) is 16.2. The molecular formula is C16H16N2O4S. The van der Waals surface area contributed by atoms with Gasteiger partial charge in [-0.15, -0.1) is 11.3 Å². The van der Waals surface area contributed by atoms with Crippen LogP contribution in [-0.2, 0) is 14.3 Å². The van der Waals surface area contributed by atoms with Gasteiger partial charge < -0.3 is 14.2 Å². The van der Waals surface area contributed by atoms with Crippen molar-refractivity contribution in [3.8, 4) is 17.0 Å². The molecule has 0 saturated carbocycles. The van der Waals surface area contributed by atoms with Gasteiger partial charge in [0.05, 0.1) is 12.8 Å². The average Bonchev–Trinajstić information content (AvgIpc) is 2.96. The minimum Gasteiger partial charge on any atom is -0.497 e. The molecule has 1 aromatic carbocycles. The third-order valence-corrected chi connectivity index (χ3v) is 4.14. The van der Waals surface area contributed by atoms with Crippen molar-refractivity contribution in [3.63, 3.8) is 0 Å². The van der Waals surface area contributed by atoms with Crippen molar-refractivity contribution in [2.45, 2.75) is 6.92 Å². The van der Waals surface area contributed by atoms with Crippen molar-refractivity contribution in [1.29, 1.82) is 0 Å². The number of hydrogen-bond donors (Lipinski definition) is 1. The summed E-state index contributed by atoms with van der Waals surface area (Å²) in [5.74, 6) is 0.589. The molecule has 1 aliphatic heterocycles. The number of benzene rings is 1. The van der Waals surface area contributed by atoms with Crippen LogP contribution >= 0.6 is 11.3 Å². The standard InChI is InChI=1S/C16H16N2O4S/c1-10-14(11-3-5-12(20-2)6-4-11)17-16(23-10)18-15(19)13-9-21-7-8-22-13/h3-6,9H,7-8H2,1-2H3,(H,17,18,19). The molecule has 23 heavy (non-hydrogen) atoms. The van der Waals surface area contributed by atoms with Gasteiger partial charge in [-0.25, -0.2) is 4.98 Å². The van der Waals surface area contributed by atoms with Crippen LogP contribution in [-0.4, -0.2) is 31.2 Å². The van der Waals surface area contributed by atoms with Gasteiger partial charge in [0, 0.05) is 10.4 Å². The zero-order valence-electron chi connectivity index (χ0n) is 12.8. The second kappa shape index (κ2) is 6.70. The fraction of sp³-hybridized carbons (Fsp3) is 0.250. The van der Waals surface area contributed by atoms with Gasteiger partial charge in [-0.05, 0) is 31.2 Å². The van der Waals surface area contributed by atoms with E-state index in [0.29, 0.717) is 18.3 Å². The van der Waals surface area contributed by atoms with Crippen molar-refractivity contribution < 1.29 is 19.0 Å². The molecule has 1 aromatic heterocycles. The first kappa shape index (κ1) is 15.4. The Morgan fingerprint density at radius 2 is 2.09 bits per heavy atom. The number of anilines is 1. The smallest absolute Gasteiger partial charge is 0.295 e. The Morgan fingerprint density at radius 1 is 1.30 bits per heavy atom. The van der Waals surface area contributed by atoms with Crippen molar-refractivity contribution >= 4 is 22.4 Å².